The van der Waals surface area contributed by atoms with Gasteiger partial charge in [0.25, 0.3) is 0 Å². The summed E-state index contributed by atoms with van der Waals surface area (Å²) in [6.45, 7) is 0. The summed E-state index contributed by atoms with van der Waals surface area (Å²) in [5.41, 5.74) is 0.166. The molecule has 1 N–H and O–H groups in total. The minimum absolute atomic E-state index is 0.0126. The standard InChI is InChI=1S/C9H10BrNO4S/c1-11-16(13,14)6-3-4-8(10)7(5-6)9(12)15-2/h3-5,11H,1-2H3. The first-order chi connectivity index (χ1) is 7.42. The van der Waals surface area contributed by atoms with E-state index in [9.17, 15) is 13.2 Å². The van der Waals surface area contributed by atoms with Crippen LogP contribution in [0.4, 0.5) is 0 Å². The smallest absolute Gasteiger partial charge is 0.339 e. The van der Waals surface area contributed by atoms with Crippen molar-refractivity contribution in [2.24, 2.45) is 0 Å². The van der Waals surface area contributed by atoms with E-state index < -0.39 is 16.0 Å². The van der Waals surface area contributed by atoms with Crippen LogP contribution < -0.4 is 4.72 Å². The van der Waals surface area contributed by atoms with E-state index in [1.807, 2.05) is 0 Å². The summed E-state index contributed by atoms with van der Waals surface area (Å²) in [4.78, 5) is 11.3. The van der Waals surface area contributed by atoms with Crippen LogP contribution in [0.1, 0.15) is 10.4 Å². The van der Waals surface area contributed by atoms with E-state index in [1.54, 1.807) is 0 Å². The molecule has 16 heavy (non-hydrogen) atoms. The van der Waals surface area contributed by atoms with E-state index in [1.165, 1.54) is 32.4 Å². The van der Waals surface area contributed by atoms with Crippen LogP contribution in [-0.4, -0.2) is 28.5 Å². The SMILES string of the molecule is CNS(=O)(=O)c1ccc(Br)c(C(=O)OC)c1. The highest BCUT2D eigenvalue weighted by atomic mass is 79.9. The van der Waals surface area contributed by atoms with Crippen molar-refractivity contribution >= 4 is 31.9 Å². The fourth-order valence-corrected chi connectivity index (χ4v) is 2.22. The van der Waals surface area contributed by atoms with Gasteiger partial charge in [0.05, 0.1) is 17.6 Å². The Morgan fingerprint density at radius 2 is 2.06 bits per heavy atom. The lowest BCUT2D eigenvalue weighted by atomic mass is 10.2. The predicted molar refractivity (Wildman–Crippen MR) is 61.7 cm³/mol. The van der Waals surface area contributed by atoms with E-state index in [0.717, 1.165) is 0 Å². The van der Waals surface area contributed by atoms with Crippen molar-refractivity contribution in [2.75, 3.05) is 14.2 Å². The zero-order valence-corrected chi connectivity index (χ0v) is 11.1. The van der Waals surface area contributed by atoms with E-state index in [0.29, 0.717) is 4.47 Å². The molecule has 0 heterocycles. The molecule has 0 spiro atoms. The quantitative estimate of drug-likeness (QED) is 0.850. The predicted octanol–water partition coefficient (Wildman–Crippen LogP) is 1.14. The lowest BCUT2D eigenvalue weighted by Gasteiger charge is -2.06. The third-order valence-electron chi connectivity index (χ3n) is 1.92. The number of benzene rings is 1. The molecule has 1 rings (SSSR count). The van der Waals surface area contributed by atoms with E-state index in [2.05, 4.69) is 25.4 Å². The second-order valence-electron chi connectivity index (χ2n) is 2.84. The van der Waals surface area contributed by atoms with Gasteiger partial charge in [-0.1, -0.05) is 0 Å². The minimum Gasteiger partial charge on any atom is -0.465 e. The Hall–Kier alpha value is -0.920. The van der Waals surface area contributed by atoms with Gasteiger partial charge in [-0.3, -0.25) is 0 Å². The molecular weight excluding hydrogens is 298 g/mol. The molecule has 0 aromatic heterocycles. The van der Waals surface area contributed by atoms with Crippen LogP contribution in [0, 0.1) is 0 Å². The molecule has 88 valence electrons. The number of sulfonamides is 1. The van der Waals surface area contributed by atoms with Gasteiger partial charge in [-0.25, -0.2) is 17.9 Å². The van der Waals surface area contributed by atoms with Gasteiger partial charge in [0.2, 0.25) is 10.0 Å². The van der Waals surface area contributed by atoms with Crippen LogP contribution in [0.3, 0.4) is 0 Å². The number of carbonyl (C=O) groups is 1. The third-order valence-corrected chi connectivity index (χ3v) is 4.03. The lowest BCUT2D eigenvalue weighted by Crippen LogP contribution is -2.19. The van der Waals surface area contributed by atoms with Gasteiger partial charge in [0.15, 0.2) is 0 Å². The summed E-state index contributed by atoms with van der Waals surface area (Å²) in [7, 11) is -1.03. The first-order valence-corrected chi connectivity index (χ1v) is 6.51. The minimum atomic E-state index is -3.56. The second-order valence-corrected chi connectivity index (χ2v) is 5.58. The maximum atomic E-state index is 11.5. The Labute approximate surface area is 102 Å². The van der Waals surface area contributed by atoms with Gasteiger partial charge in [-0.05, 0) is 41.2 Å². The van der Waals surface area contributed by atoms with Crippen LogP contribution >= 0.6 is 15.9 Å². The summed E-state index contributed by atoms with van der Waals surface area (Å²) in [5, 5.41) is 0. The summed E-state index contributed by atoms with van der Waals surface area (Å²) >= 11 is 3.14. The number of methoxy groups -OCH3 is 1. The summed E-state index contributed by atoms with van der Waals surface area (Å²) in [6, 6.07) is 4.13. The Kier molecular flexibility index (Phi) is 4.06. The first kappa shape index (κ1) is 13.1. The molecule has 0 aliphatic heterocycles. The van der Waals surface area contributed by atoms with Crippen LogP contribution in [0.5, 0.6) is 0 Å². The number of halogens is 1. The maximum Gasteiger partial charge on any atom is 0.339 e. The van der Waals surface area contributed by atoms with Crippen molar-refractivity contribution in [1.82, 2.24) is 4.72 Å². The van der Waals surface area contributed by atoms with Crippen molar-refractivity contribution in [3.05, 3.63) is 28.2 Å². The fraction of sp³-hybridized carbons (Fsp3) is 0.222. The third kappa shape index (κ3) is 2.60. The van der Waals surface area contributed by atoms with Crippen LogP contribution in [0.25, 0.3) is 0 Å². The Morgan fingerprint density at radius 3 is 2.56 bits per heavy atom. The lowest BCUT2D eigenvalue weighted by molar-refractivity contribution is 0.0599. The van der Waals surface area contributed by atoms with Crippen LogP contribution in [0.15, 0.2) is 27.6 Å². The Bertz CT molecular complexity index is 512. The van der Waals surface area contributed by atoms with Gasteiger partial charge in [0, 0.05) is 4.47 Å². The molecule has 0 saturated carbocycles. The molecule has 1 aromatic carbocycles. The molecule has 1 aromatic rings. The fourth-order valence-electron chi connectivity index (χ4n) is 1.06. The average Bonchev–Trinajstić information content (AvgIpc) is 2.28. The number of hydrogen-bond donors (Lipinski definition) is 1. The molecule has 5 nitrogen and oxygen atoms in total. The zero-order valence-electron chi connectivity index (χ0n) is 8.65. The normalized spacial score (nSPS) is 11.2. The Balaban J connectivity index is 3.34. The van der Waals surface area contributed by atoms with Crippen molar-refractivity contribution in [3.8, 4) is 0 Å². The summed E-state index contributed by atoms with van der Waals surface area (Å²) in [5.74, 6) is -0.597. The largest absolute Gasteiger partial charge is 0.465 e. The highest BCUT2D eigenvalue weighted by Gasteiger charge is 2.17. The van der Waals surface area contributed by atoms with Gasteiger partial charge >= 0.3 is 5.97 Å². The van der Waals surface area contributed by atoms with Gasteiger partial charge in [0.1, 0.15) is 0 Å². The van der Waals surface area contributed by atoms with Crippen LogP contribution in [0.2, 0.25) is 0 Å². The van der Waals surface area contributed by atoms with Crippen molar-refractivity contribution in [2.45, 2.75) is 4.90 Å². The summed E-state index contributed by atoms with van der Waals surface area (Å²) < 4.78 is 30.2. The number of carbonyl (C=O) groups excluding carboxylic acids is 1. The molecule has 0 radical (unpaired) electrons. The molecule has 0 aliphatic carbocycles. The maximum absolute atomic E-state index is 11.5. The van der Waals surface area contributed by atoms with Gasteiger partial charge < -0.3 is 4.74 Å². The van der Waals surface area contributed by atoms with Crippen molar-refractivity contribution in [1.29, 1.82) is 0 Å². The van der Waals surface area contributed by atoms with Gasteiger partial charge in [-0.15, -0.1) is 0 Å². The summed E-state index contributed by atoms with van der Waals surface area (Å²) in [6.07, 6.45) is 0. The van der Waals surface area contributed by atoms with Gasteiger partial charge in [-0.2, -0.15) is 0 Å². The molecule has 0 fully saturated rings. The zero-order chi connectivity index (χ0) is 12.3. The monoisotopic (exact) mass is 307 g/mol. The molecule has 0 saturated heterocycles. The average molecular weight is 308 g/mol. The number of ether oxygens (including phenoxy) is 1. The molecule has 0 unspecified atom stereocenters. The van der Waals surface area contributed by atoms with E-state index >= 15 is 0 Å². The number of esters is 1. The molecule has 0 atom stereocenters. The number of hydrogen-bond acceptors (Lipinski definition) is 4. The molecular formula is C9H10BrNO4S. The second kappa shape index (κ2) is 4.94. The molecule has 0 amide bonds. The van der Waals surface area contributed by atoms with E-state index in [-0.39, 0.29) is 10.5 Å². The van der Waals surface area contributed by atoms with Crippen molar-refractivity contribution < 1.29 is 17.9 Å². The Morgan fingerprint density at radius 1 is 1.44 bits per heavy atom. The van der Waals surface area contributed by atoms with Crippen molar-refractivity contribution in [3.63, 3.8) is 0 Å². The first-order valence-electron chi connectivity index (χ1n) is 4.24. The highest BCUT2D eigenvalue weighted by molar-refractivity contribution is 9.10. The number of rotatable bonds is 3. The molecule has 0 bridgehead atoms. The highest BCUT2D eigenvalue weighted by Crippen LogP contribution is 2.21. The molecule has 0 aliphatic rings. The molecule has 7 heteroatoms. The topological polar surface area (TPSA) is 72.5 Å². The van der Waals surface area contributed by atoms with E-state index in [4.69, 9.17) is 0 Å². The van der Waals surface area contributed by atoms with Crippen LogP contribution in [-0.2, 0) is 14.8 Å². The number of nitrogens with one attached hydrogen (secondary N) is 1.